The first kappa shape index (κ1) is 30.8. The van der Waals surface area contributed by atoms with Crippen molar-refractivity contribution in [1.82, 2.24) is 4.31 Å². The highest BCUT2D eigenvalue weighted by molar-refractivity contribution is 7.89. The molecule has 2 heterocycles. The van der Waals surface area contributed by atoms with Crippen LogP contribution in [0.15, 0.2) is 23.1 Å². The van der Waals surface area contributed by atoms with E-state index < -0.39 is 45.2 Å². The van der Waals surface area contributed by atoms with E-state index in [2.05, 4.69) is 11.8 Å². The van der Waals surface area contributed by atoms with Crippen LogP contribution in [0, 0.1) is 29.0 Å². The summed E-state index contributed by atoms with van der Waals surface area (Å²) in [5.74, 6) is 3.34. The summed E-state index contributed by atoms with van der Waals surface area (Å²) in [5, 5.41) is 10.0. The van der Waals surface area contributed by atoms with Gasteiger partial charge in [0.1, 0.15) is 15.6 Å². The molecule has 2 fully saturated rings. The van der Waals surface area contributed by atoms with E-state index in [9.17, 15) is 23.1 Å². The Hall–Kier alpha value is -3.14. The summed E-state index contributed by atoms with van der Waals surface area (Å²) in [6.07, 6.45) is 4.38. The fourth-order valence-electron chi connectivity index (χ4n) is 5.34. The summed E-state index contributed by atoms with van der Waals surface area (Å²) >= 11 is 0.991. The number of hydrogen-bond acceptors (Lipinski definition) is 7. The summed E-state index contributed by atoms with van der Waals surface area (Å²) in [5.41, 5.74) is -0.0939. The fraction of sp³-hybridized carbons (Fsp3) is 0.517. The highest BCUT2D eigenvalue weighted by Gasteiger charge is 2.45. The number of carbonyl (C=O) groups excluding carboxylic acids is 1. The van der Waals surface area contributed by atoms with E-state index in [0.29, 0.717) is 4.88 Å². The van der Waals surface area contributed by atoms with Gasteiger partial charge in [0.25, 0.3) is 0 Å². The Morgan fingerprint density at radius 2 is 1.73 bits per heavy atom. The SMILES string of the molecule is COc1cc(F)c(S(=O)(=O)N2CC(=O)N(c3cc(C#CC(C)(C)C)sc3C(=O)O)C(C3CCCCC3)C2)cc1OC. The molecule has 4 rings (SSSR count). The second-order valence-corrected chi connectivity index (χ2v) is 14.3. The van der Waals surface area contributed by atoms with Gasteiger partial charge in [0.2, 0.25) is 15.9 Å². The molecule has 1 aliphatic carbocycles. The van der Waals surface area contributed by atoms with Gasteiger partial charge in [0.05, 0.1) is 37.4 Å². The number of hydrogen-bond donors (Lipinski definition) is 1. The molecule has 41 heavy (non-hydrogen) atoms. The van der Waals surface area contributed by atoms with Crippen LogP contribution in [0.5, 0.6) is 11.5 Å². The second-order valence-electron chi connectivity index (χ2n) is 11.3. The number of benzene rings is 1. The number of thiophene rings is 1. The van der Waals surface area contributed by atoms with E-state index in [1.807, 2.05) is 20.8 Å². The Kier molecular flexibility index (Phi) is 9.01. The molecule has 2 aliphatic rings. The zero-order valence-corrected chi connectivity index (χ0v) is 25.5. The number of aromatic carboxylic acids is 1. The first-order chi connectivity index (χ1) is 19.3. The van der Waals surface area contributed by atoms with Gasteiger partial charge < -0.3 is 19.5 Å². The van der Waals surface area contributed by atoms with E-state index in [0.717, 1.165) is 59.9 Å². The molecule has 0 bridgehead atoms. The number of halogens is 1. The van der Waals surface area contributed by atoms with Crippen molar-refractivity contribution in [2.24, 2.45) is 11.3 Å². The van der Waals surface area contributed by atoms with Crippen molar-refractivity contribution < 1.29 is 37.0 Å². The summed E-state index contributed by atoms with van der Waals surface area (Å²) in [4.78, 5) is 27.4. The topological polar surface area (TPSA) is 113 Å². The van der Waals surface area contributed by atoms with E-state index in [-0.39, 0.29) is 39.9 Å². The quantitative estimate of drug-likeness (QED) is 0.442. The van der Waals surface area contributed by atoms with Gasteiger partial charge in [0, 0.05) is 24.1 Å². The maximum atomic E-state index is 15.1. The lowest BCUT2D eigenvalue weighted by molar-refractivity contribution is -0.121. The van der Waals surface area contributed by atoms with Crippen LogP contribution in [-0.2, 0) is 14.8 Å². The van der Waals surface area contributed by atoms with Gasteiger partial charge in [-0.3, -0.25) is 4.79 Å². The van der Waals surface area contributed by atoms with Crippen molar-refractivity contribution in [3.63, 3.8) is 0 Å². The van der Waals surface area contributed by atoms with Gasteiger partial charge in [-0.1, -0.05) is 31.1 Å². The first-order valence-electron chi connectivity index (χ1n) is 13.4. The fourth-order valence-corrected chi connectivity index (χ4v) is 7.65. The zero-order chi connectivity index (χ0) is 30.1. The van der Waals surface area contributed by atoms with E-state index in [1.54, 1.807) is 6.07 Å². The maximum absolute atomic E-state index is 15.1. The molecule has 1 aliphatic heterocycles. The minimum absolute atomic E-state index is 0.0281. The first-order valence-corrected chi connectivity index (χ1v) is 15.7. The number of sulfonamides is 1. The summed E-state index contributed by atoms with van der Waals surface area (Å²) in [7, 11) is -1.84. The van der Waals surface area contributed by atoms with Crippen LogP contribution < -0.4 is 14.4 Å². The van der Waals surface area contributed by atoms with Crippen molar-refractivity contribution in [2.45, 2.75) is 63.8 Å². The third-order valence-corrected chi connectivity index (χ3v) is 10.1. The molecule has 2 aromatic rings. The Morgan fingerprint density at radius 3 is 2.32 bits per heavy atom. The van der Waals surface area contributed by atoms with Crippen molar-refractivity contribution >= 4 is 38.9 Å². The predicted octanol–water partition coefficient (Wildman–Crippen LogP) is 4.99. The van der Waals surface area contributed by atoms with Gasteiger partial charge in [0.15, 0.2) is 11.5 Å². The summed E-state index contributed by atoms with van der Waals surface area (Å²) in [6.45, 7) is 5.14. The van der Waals surface area contributed by atoms with Crippen LogP contribution in [0.25, 0.3) is 0 Å². The average molecular weight is 607 g/mol. The van der Waals surface area contributed by atoms with E-state index >= 15 is 4.39 Å². The number of ether oxygens (including phenoxy) is 2. The number of rotatable bonds is 7. The van der Waals surface area contributed by atoms with Crippen molar-refractivity contribution in [3.8, 4) is 23.3 Å². The number of carboxylic acid groups (broad SMARTS) is 1. The third-order valence-electron chi connectivity index (χ3n) is 7.28. The van der Waals surface area contributed by atoms with Crippen LogP contribution >= 0.6 is 11.3 Å². The minimum atomic E-state index is -4.47. The smallest absolute Gasteiger partial charge is 0.348 e. The van der Waals surface area contributed by atoms with Gasteiger partial charge >= 0.3 is 5.97 Å². The molecular weight excluding hydrogens is 571 g/mol. The Bertz CT molecular complexity index is 1500. The van der Waals surface area contributed by atoms with Crippen molar-refractivity contribution in [3.05, 3.63) is 33.8 Å². The average Bonchev–Trinajstić information content (AvgIpc) is 3.35. The molecule has 0 spiro atoms. The van der Waals surface area contributed by atoms with Crippen LogP contribution in [0.3, 0.4) is 0 Å². The van der Waals surface area contributed by atoms with Gasteiger partial charge in [-0.25, -0.2) is 17.6 Å². The molecule has 1 aromatic carbocycles. The largest absolute Gasteiger partial charge is 0.493 e. The highest BCUT2D eigenvalue weighted by Crippen LogP contribution is 2.40. The standard InChI is InChI=1S/C29H35FN2O7S2/c1-29(2,3)12-11-19-13-21(27(40-19)28(34)35)32-22(18-9-7-6-8-10-18)16-31(17-26(32)33)41(36,37)25-15-24(39-5)23(38-4)14-20(25)30/h13-15,18,22H,6-10,16-17H2,1-5H3,(H,34,35). The number of anilines is 1. The molecule has 12 heteroatoms. The van der Waals surface area contributed by atoms with Gasteiger partial charge in [-0.05, 0) is 45.6 Å². The Labute approximate surface area is 244 Å². The molecular formula is C29H35FN2O7S2. The van der Waals surface area contributed by atoms with Crippen molar-refractivity contribution in [1.29, 1.82) is 0 Å². The number of nitrogens with zero attached hydrogens (tertiary/aromatic N) is 2. The van der Waals surface area contributed by atoms with Crippen LogP contribution in [0.1, 0.15) is 67.4 Å². The van der Waals surface area contributed by atoms with Gasteiger partial charge in [-0.2, -0.15) is 4.31 Å². The van der Waals surface area contributed by atoms with E-state index in [1.165, 1.54) is 19.1 Å². The molecule has 1 unspecified atom stereocenters. The summed E-state index contributed by atoms with van der Waals surface area (Å²) in [6, 6.07) is 2.97. The maximum Gasteiger partial charge on any atom is 0.348 e. The van der Waals surface area contributed by atoms with Crippen LogP contribution in [0.2, 0.25) is 0 Å². The lowest BCUT2D eigenvalue weighted by Gasteiger charge is -2.44. The molecule has 1 atom stereocenters. The second kappa shape index (κ2) is 12.0. The van der Waals surface area contributed by atoms with E-state index in [4.69, 9.17) is 9.47 Å². The zero-order valence-electron chi connectivity index (χ0n) is 23.8. The van der Waals surface area contributed by atoms with Crippen molar-refractivity contribution in [2.75, 3.05) is 32.2 Å². The predicted molar refractivity (Wildman–Crippen MR) is 154 cm³/mol. The number of carboxylic acids is 1. The molecule has 1 saturated carbocycles. The van der Waals surface area contributed by atoms with Crippen LogP contribution in [-0.4, -0.2) is 63.1 Å². The highest BCUT2D eigenvalue weighted by atomic mass is 32.2. The molecule has 9 nitrogen and oxygen atoms in total. The molecule has 222 valence electrons. The van der Waals surface area contributed by atoms with Gasteiger partial charge in [-0.15, -0.1) is 11.3 Å². The molecule has 1 N–H and O–H groups in total. The number of piperazine rings is 1. The molecule has 0 radical (unpaired) electrons. The molecule has 1 amide bonds. The lowest BCUT2D eigenvalue weighted by Crippen LogP contribution is -2.60. The lowest BCUT2D eigenvalue weighted by atomic mass is 9.82. The number of amides is 1. The van der Waals surface area contributed by atoms with Crippen LogP contribution in [0.4, 0.5) is 10.1 Å². The molecule has 1 aromatic heterocycles. The monoisotopic (exact) mass is 606 g/mol. The number of methoxy groups -OCH3 is 2. The number of carbonyl (C=O) groups is 2. The Balaban J connectivity index is 1.78. The Morgan fingerprint density at radius 1 is 1.10 bits per heavy atom. The minimum Gasteiger partial charge on any atom is -0.493 e. The normalized spacial score (nSPS) is 19.0. The molecule has 1 saturated heterocycles. The summed E-state index contributed by atoms with van der Waals surface area (Å²) < 4.78 is 53.9. The third kappa shape index (κ3) is 6.52.